The predicted octanol–water partition coefficient (Wildman–Crippen LogP) is 3.87. The zero-order valence-electron chi connectivity index (χ0n) is 17.9. The first kappa shape index (κ1) is 22.0. The Labute approximate surface area is 181 Å². The predicted molar refractivity (Wildman–Crippen MR) is 118 cm³/mol. The molecule has 0 aliphatic heterocycles. The van der Waals surface area contributed by atoms with Gasteiger partial charge in [0.15, 0.2) is 6.61 Å². The lowest BCUT2D eigenvalue weighted by atomic mass is 10.1. The third-order valence-electron chi connectivity index (χ3n) is 5.25. The highest BCUT2D eigenvalue weighted by atomic mass is 16.5. The number of ether oxygens (including phenoxy) is 1. The van der Waals surface area contributed by atoms with Crippen LogP contribution >= 0.6 is 0 Å². The minimum absolute atomic E-state index is 0.0681. The lowest BCUT2D eigenvalue weighted by molar-refractivity contribution is -0.141. The number of nitrogens with one attached hydrogen (secondary N) is 1. The smallest absolute Gasteiger partial charge is 0.325 e. The molecule has 0 saturated carbocycles. The molecule has 1 aromatic heterocycles. The molecule has 6 nitrogen and oxygen atoms in total. The van der Waals surface area contributed by atoms with Crippen LogP contribution in [0.5, 0.6) is 0 Å². The van der Waals surface area contributed by atoms with Crippen LogP contribution in [0.3, 0.4) is 0 Å². The molecule has 1 atom stereocenters. The van der Waals surface area contributed by atoms with E-state index in [1.807, 2.05) is 38.1 Å². The van der Waals surface area contributed by atoms with Gasteiger partial charge in [-0.05, 0) is 44.5 Å². The van der Waals surface area contributed by atoms with Crippen LogP contribution in [0.4, 0.5) is 0 Å². The number of ketones is 1. The molecule has 0 aliphatic carbocycles. The van der Waals surface area contributed by atoms with Crippen molar-refractivity contribution in [3.8, 4) is 0 Å². The van der Waals surface area contributed by atoms with Crippen molar-refractivity contribution in [3.05, 3.63) is 94.8 Å². The maximum absolute atomic E-state index is 12.7. The Morgan fingerprint density at radius 1 is 0.968 bits per heavy atom. The molecule has 0 spiro atoms. The molecule has 0 fully saturated rings. The summed E-state index contributed by atoms with van der Waals surface area (Å²) in [6, 6.07) is 20.5. The van der Waals surface area contributed by atoms with Crippen LogP contribution in [0.25, 0.3) is 0 Å². The molecule has 0 bridgehead atoms. The maximum Gasteiger partial charge on any atom is 0.325 e. The second kappa shape index (κ2) is 9.89. The largest absolute Gasteiger partial charge is 0.456 e. The van der Waals surface area contributed by atoms with Gasteiger partial charge >= 0.3 is 5.97 Å². The lowest BCUT2D eigenvalue weighted by Crippen LogP contribution is -2.31. The van der Waals surface area contributed by atoms with Gasteiger partial charge in [0.25, 0.3) is 5.91 Å². The van der Waals surface area contributed by atoms with Crippen molar-refractivity contribution in [2.45, 2.75) is 26.8 Å². The van der Waals surface area contributed by atoms with Crippen LogP contribution < -0.4 is 5.32 Å². The third kappa shape index (κ3) is 5.28. The number of carbonyl (C=O) groups is 3. The number of Topliss-reactive ketones (excluding diaryl/α,β-unsaturated/α-hetero) is 1. The van der Waals surface area contributed by atoms with E-state index < -0.39 is 5.97 Å². The first-order chi connectivity index (χ1) is 14.9. The Balaban J connectivity index is 1.58. The van der Waals surface area contributed by atoms with E-state index >= 15 is 0 Å². The third-order valence-corrected chi connectivity index (χ3v) is 5.25. The van der Waals surface area contributed by atoms with Crippen molar-refractivity contribution in [2.75, 3.05) is 13.2 Å². The van der Waals surface area contributed by atoms with Gasteiger partial charge in [-0.15, -0.1) is 0 Å². The molecule has 6 heteroatoms. The Bertz CT molecular complexity index is 1070. The summed E-state index contributed by atoms with van der Waals surface area (Å²) in [7, 11) is 0. The highest BCUT2D eigenvalue weighted by molar-refractivity contribution is 6.00. The highest BCUT2D eigenvalue weighted by Crippen LogP contribution is 2.25. The molecule has 0 unspecified atom stereocenters. The summed E-state index contributed by atoms with van der Waals surface area (Å²) in [4.78, 5) is 36.6. The van der Waals surface area contributed by atoms with Crippen LogP contribution in [-0.4, -0.2) is 35.4 Å². The van der Waals surface area contributed by atoms with Crippen LogP contribution in [0.2, 0.25) is 0 Å². The number of rotatable bonds is 8. The number of hydrogen-bond donors (Lipinski definition) is 1. The number of nitrogens with zero attached hydrogens (tertiary/aromatic N) is 1. The molecule has 3 aromatic rings. The zero-order chi connectivity index (χ0) is 22.4. The number of aryl methyl sites for hydroxylation is 1. The van der Waals surface area contributed by atoms with Crippen molar-refractivity contribution >= 4 is 17.7 Å². The van der Waals surface area contributed by atoms with Crippen LogP contribution in [0.15, 0.2) is 66.7 Å². The Morgan fingerprint density at radius 2 is 1.58 bits per heavy atom. The maximum atomic E-state index is 12.7. The van der Waals surface area contributed by atoms with Crippen molar-refractivity contribution < 1.29 is 19.1 Å². The summed E-state index contributed by atoms with van der Waals surface area (Å²) in [5.74, 6) is -1.31. The highest BCUT2D eigenvalue weighted by Gasteiger charge is 2.20. The summed E-state index contributed by atoms with van der Waals surface area (Å²) in [5.41, 5.74) is 3.91. The van der Waals surface area contributed by atoms with E-state index in [1.165, 1.54) is 0 Å². The van der Waals surface area contributed by atoms with E-state index in [4.69, 9.17) is 4.74 Å². The van der Waals surface area contributed by atoms with Gasteiger partial charge in [-0.2, -0.15) is 0 Å². The number of amides is 1. The fourth-order valence-corrected chi connectivity index (χ4v) is 3.65. The molecule has 0 radical (unpaired) electrons. The molecule has 0 aliphatic rings. The van der Waals surface area contributed by atoms with E-state index in [0.29, 0.717) is 11.1 Å². The number of esters is 1. The van der Waals surface area contributed by atoms with Gasteiger partial charge in [-0.3, -0.25) is 14.4 Å². The minimum Gasteiger partial charge on any atom is -0.456 e. The molecule has 3 rings (SSSR count). The zero-order valence-corrected chi connectivity index (χ0v) is 17.9. The van der Waals surface area contributed by atoms with Crippen molar-refractivity contribution in [2.24, 2.45) is 0 Å². The second-order valence-corrected chi connectivity index (χ2v) is 7.37. The topological polar surface area (TPSA) is 77.4 Å². The quantitative estimate of drug-likeness (QED) is 0.445. The monoisotopic (exact) mass is 418 g/mol. The lowest BCUT2D eigenvalue weighted by Gasteiger charge is -2.19. The number of carbonyl (C=O) groups excluding carboxylic acids is 3. The second-order valence-electron chi connectivity index (χ2n) is 7.37. The fraction of sp³-hybridized carbons (Fsp3) is 0.240. The van der Waals surface area contributed by atoms with Gasteiger partial charge in [-0.25, -0.2) is 0 Å². The average molecular weight is 418 g/mol. The fourth-order valence-electron chi connectivity index (χ4n) is 3.65. The Morgan fingerprint density at radius 3 is 2.23 bits per heavy atom. The summed E-state index contributed by atoms with van der Waals surface area (Å²) >= 11 is 0. The van der Waals surface area contributed by atoms with E-state index in [0.717, 1.165) is 17.0 Å². The van der Waals surface area contributed by atoms with Gasteiger partial charge in [0, 0.05) is 22.5 Å². The van der Waals surface area contributed by atoms with E-state index in [1.54, 1.807) is 30.3 Å². The molecule has 160 valence electrons. The van der Waals surface area contributed by atoms with Crippen LogP contribution in [-0.2, 0) is 9.53 Å². The van der Waals surface area contributed by atoms with Crippen molar-refractivity contribution in [3.63, 3.8) is 0 Å². The summed E-state index contributed by atoms with van der Waals surface area (Å²) in [6.07, 6.45) is 0. The van der Waals surface area contributed by atoms with Gasteiger partial charge < -0.3 is 14.6 Å². The first-order valence-electron chi connectivity index (χ1n) is 10.1. The van der Waals surface area contributed by atoms with E-state index in [2.05, 4.69) is 28.9 Å². The van der Waals surface area contributed by atoms with E-state index in [-0.39, 0.29) is 30.9 Å². The molecular formula is C25H26N2O4. The molecule has 1 amide bonds. The van der Waals surface area contributed by atoms with Crippen LogP contribution in [0, 0.1) is 13.8 Å². The average Bonchev–Trinajstić information content (AvgIpc) is 3.10. The standard InChI is InChI=1S/C25H26N2O4/c1-17-14-22(19(3)27(17)18(2)20-10-6-4-7-11-20)23(28)16-31-24(29)15-26-25(30)21-12-8-5-9-13-21/h4-14,18H,15-16H2,1-3H3,(H,26,30)/t18-/m0/s1. The summed E-state index contributed by atoms with van der Waals surface area (Å²) in [6.45, 7) is 5.25. The molecule has 1 heterocycles. The Kier molecular flexibility index (Phi) is 7.03. The molecule has 1 N–H and O–H groups in total. The van der Waals surface area contributed by atoms with Crippen molar-refractivity contribution in [1.82, 2.24) is 9.88 Å². The van der Waals surface area contributed by atoms with Gasteiger partial charge in [0.2, 0.25) is 5.78 Å². The van der Waals surface area contributed by atoms with Crippen LogP contribution in [0.1, 0.15) is 50.6 Å². The Hall–Kier alpha value is -3.67. The number of hydrogen-bond acceptors (Lipinski definition) is 4. The number of benzene rings is 2. The molecule has 2 aromatic carbocycles. The van der Waals surface area contributed by atoms with Gasteiger partial charge in [0.05, 0.1) is 6.04 Å². The van der Waals surface area contributed by atoms with Gasteiger partial charge in [0.1, 0.15) is 6.54 Å². The summed E-state index contributed by atoms with van der Waals surface area (Å²) < 4.78 is 7.18. The summed E-state index contributed by atoms with van der Waals surface area (Å²) in [5, 5.41) is 2.49. The minimum atomic E-state index is -0.663. The normalized spacial score (nSPS) is 11.6. The SMILES string of the molecule is Cc1cc(C(=O)COC(=O)CNC(=O)c2ccccc2)c(C)n1[C@@H](C)c1ccccc1. The molecule has 0 saturated heterocycles. The molecule has 31 heavy (non-hydrogen) atoms. The first-order valence-corrected chi connectivity index (χ1v) is 10.1. The van der Waals surface area contributed by atoms with E-state index in [9.17, 15) is 14.4 Å². The number of aromatic nitrogens is 1. The van der Waals surface area contributed by atoms with Crippen molar-refractivity contribution in [1.29, 1.82) is 0 Å². The van der Waals surface area contributed by atoms with Gasteiger partial charge in [-0.1, -0.05) is 48.5 Å². The molecular weight excluding hydrogens is 392 g/mol.